The monoisotopic (exact) mass is 579 g/mol. The van der Waals surface area contributed by atoms with Gasteiger partial charge in [0.15, 0.2) is 5.78 Å². The second-order valence-electron chi connectivity index (χ2n) is 8.36. The lowest BCUT2D eigenvalue weighted by molar-refractivity contribution is -0.118. The van der Waals surface area contributed by atoms with Gasteiger partial charge in [0, 0.05) is 11.1 Å². The summed E-state index contributed by atoms with van der Waals surface area (Å²) in [6, 6.07) is 30.4. The number of nitrogens with one attached hydrogen (secondary N) is 1. The molecule has 0 saturated heterocycles. The van der Waals surface area contributed by atoms with Crippen molar-refractivity contribution >= 4 is 39.7 Å². The number of amides is 1. The van der Waals surface area contributed by atoms with Gasteiger partial charge in [-0.3, -0.25) is 9.59 Å². The van der Waals surface area contributed by atoms with Crippen molar-refractivity contribution in [1.29, 1.82) is 5.26 Å². The van der Waals surface area contributed by atoms with E-state index < -0.39 is 17.9 Å². The van der Waals surface area contributed by atoms with Crippen molar-refractivity contribution in [2.45, 2.75) is 6.04 Å². The molecule has 8 heteroatoms. The highest BCUT2D eigenvalue weighted by Gasteiger charge is 2.20. The van der Waals surface area contributed by atoms with Gasteiger partial charge in [0.05, 0.1) is 17.3 Å². The molecule has 3 aromatic carbocycles. The van der Waals surface area contributed by atoms with Crippen LogP contribution in [-0.4, -0.2) is 29.3 Å². The fourth-order valence-electron chi connectivity index (χ4n) is 3.70. The van der Waals surface area contributed by atoms with E-state index in [4.69, 9.17) is 4.74 Å². The van der Waals surface area contributed by atoms with Gasteiger partial charge < -0.3 is 10.1 Å². The molecule has 0 aliphatic heterocycles. The molecule has 1 aromatic heterocycles. The van der Waals surface area contributed by atoms with Crippen LogP contribution in [0.3, 0.4) is 0 Å². The highest BCUT2D eigenvalue weighted by atomic mass is 79.9. The van der Waals surface area contributed by atoms with Gasteiger partial charge in [0.25, 0.3) is 5.91 Å². The highest BCUT2D eigenvalue weighted by molar-refractivity contribution is 9.10. The first-order chi connectivity index (χ1) is 18.9. The third-order valence-corrected chi connectivity index (χ3v) is 6.14. The topological polar surface area (TPSA) is 109 Å². The minimum absolute atomic E-state index is 0.147. The van der Waals surface area contributed by atoms with Gasteiger partial charge in [0.2, 0.25) is 0 Å². The van der Waals surface area contributed by atoms with Gasteiger partial charge in [-0.25, -0.2) is 9.78 Å². The van der Waals surface area contributed by atoms with Crippen molar-refractivity contribution in [2.75, 3.05) is 6.61 Å². The number of aromatic nitrogens is 1. The number of ether oxygens (including phenoxy) is 1. The Hall–Kier alpha value is -4.87. The number of hydrogen-bond donors (Lipinski definition) is 1. The summed E-state index contributed by atoms with van der Waals surface area (Å²) in [5.41, 5.74) is 2.24. The van der Waals surface area contributed by atoms with Crippen molar-refractivity contribution in [3.05, 3.63) is 141 Å². The Kier molecular flexibility index (Phi) is 9.11. The lowest BCUT2D eigenvalue weighted by Crippen LogP contribution is -2.33. The number of esters is 1. The van der Waals surface area contributed by atoms with E-state index in [1.54, 1.807) is 78.9 Å². The second kappa shape index (κ2) is 13.1. The Morgan fingerprint density at radius 3 is 2.10 bits per heavy atom. The molecule has 0 bridgehead atoms. The number of pyridine rings is 1. The van der Waals surface area contributed by atoms with Crippen LogP contribution in [0.5, 0.6) is 0 Å². The van der Waals surface area contributed by atoms with Gasteiger partial charge in [0.1, 0.15) is 22.9 Å². The molecule has 0 radical (unpaired) electrons. The quantitative estimate of drug-likeness (QED) is 0.0895. The lowest BCUT2D eigenvalue weighted by Gasteiger charge is -2.19. The van der Waals surface area contributed by atoms with E-state index in [1.165, 1.54) is 18.2 Å². The van der Waals surface area contributed by atoms with Crippen LogP contribution in [0.15, 0.2) is 113 Å². The van der Waals surface area contributed by atoms with Gasteiger partial charge in [-0.05, 0) is 51.8 Å². The Morgan fingerprint density at radius 2 is 1.46 bits per heavy atom. The van der Waals surface area contributed by atoms with Crippen LogP contribution in [0.4, 0.5) is 0 Å². The zero-order valence-electron chi connectivity index (χ0n) is 20.6. The Labute approximate surface area is 233 Å². The number of halogens is 1. The van der Waals surface area contributed by atoms with Crippen LogP contribution in [0.1, 0.15) is 43.6 Å². The van der Waals surface area contributed by atoms with E-state index in [0.29, 0.717) is 27.0 Å². The highest BCUT2D eigenvalue weighted by Crippen LogP contribution is 2.17. The van der Waals surface area contributed by atoms with E-state index >= 15 is 0 Å². The molecule has 1 unspecified atom stereocenters. The van der Waals surface area contributed by atoms with Crippen molar-refractivity contribution in [3.8, 4) is 6.07 Å². The first-order valence-electron chi connectivity index (χ1n) is 11.9. The van der Waals surface area contributed by atoms with Crippen molar-refractivity contribution < 1.29 is 19.1 Å². The molecule has 0 spiro atoms. The van der Waals surface area contributed by atoms with Gasteiger partial charge in [-0.2, -0.15) is 5.26 Å². The molecular formula is C31H22BrN3O4. The van der Waals surface area contributed by atoms with Crippen LogP contribution in [0, 0.1) is 11.3 Å². The fraction of sp³-hybridized carbons (Fsp3) is 0.0645. The summed E-state index contributed by atoms with van der Waals surface area (Å²) in [5, 5.41) is 12.4. The van der Waals surface area contributed by atoms with Gasteiger partial charge >= 0.3 is 5.97 Å². The average molecular weight is 580 g/mol. The Bertz CT molecular complexity index is 1550. The molecule has 0 aliphatic rings. The van der Waals surface area contributed by atoms with Crippen LogP contribution < -0.4 is 5.32 Å². The minimum atomic E-state index is -0.714. The summed E-state index contributed by atoms with van der Waals surface area (Å²) >= 11 is 3.27. The first kappa shape index (κ1) is 27.2. The Balaban J connectivity index is 1.46. The number of benzene rings is 3. The van der Waals surface area contributed by atoms with E-state index in [2.05, 4.69) is 26.2 Å². The summed E-state index contributed by atoms with van der Waals surface area (Å²) in [6.07, 6.45) is 1.38. The van der Waals surface area contributed by atoms with Gasteiger partial charge in [-0.15, -0.1) is 0 Å². The predicted octanol–water partition coefficient (Wildman–Crippen LogP) is 5.70. The maximum absolute atomic E-state index is 13.0. The van der Waals surface area contributed by atoms with E-state index in [1.807, 2.05) is 18.2 Å². The van der Waals surface area contributed by atoms with Crippen LogP contribution in [0.25, 0.3) is 6.08 Å². The van der Waals surface area contributed by atoms with E-state index in [9.17, 15) is 19.6 Å². The predicted molar refractivity (Wildman–Crippen MR) is 149 cm³/mol. The zero-order chi connectivity index (χ0) is 27.6. The van der Waals surface area contributed by atoms with Crippen LogP contribution >= 0.6 is 15.9 Å². The first-order valence-corrected chi connectivity index (χ1v) is 12.7. The smallest absolute Gasteiger partial charge is 0.338 e. The maximum Gasteiger partial charge on any atom is 0.338 e. The molecule has 1 heterocycles. The molecule has 192 valence electrons. The number of carbonyl (C=O) groups is 3. The lowest BCUT2D eigenvalue weighted by atomic mass is 10.0. The number of hydrogen-bond acceptors (Lipinski definition) is 6. The van der Waals surface area contributed by atoms with Gasteiger partial charge in [-0.1, -0.05) is 78.9 Å². The van der Waals surface area contributed by atoms with Crippen molar-refractivity contribution in [2.24, 2.45) is 0 Å². The Morgan fingerprint density at radius 1 is 0.846 bits per heavy atom. The molecule has 39 heavy (non-hydrogen) atoms. The third-order valence-electron chi connectivity index (χ3n) is 5.70. The third kappa shape index (κ3) is 7.34. The van der Waals surface area contributed by atoms with E-state index in [0.717, 1.165) is 0 Å². The normalized spacial score (nSPS) is 11.6. The summed E-state index contributed by atoms with van der Waals surface area (Å²) < 4.78 is 6.09. The molecule has 1 amide bonds. The largest absolute Gasteiger partial charge is 0.460 e. The van der Waals surface area contributed by atoms with E-state index in [-0.39, 0.29) is 23.5 Å². The fourth-order valence-corrected chi connectivity index (χ4v) is 4.06. The standard InChI is InChI=1S/C31H22BrN3O4/c32-28-13-7-12-26(34-28)18-25(19-33)30(37)35-27(21-8-3-1-4-9-21)20-39-31(38)24-16-14-23(15-17-24)29(36)22-10-5-2-6-11-22/h1-18,27H,20H2,(H,35,37). The molecule has 7 nitrogen and oxygen atoms in total. The van der Waals surface area contributed by atoms with Crippen molar-refractivity contribution in [3.63, 3.8) is 0 Å². The average Bonchev–Trinajstić information content (AvgIpc) is 2.98. The molecule has 4 aromatic rings. The second-order valence-corrected chi connectivity index (χ2v) is 9.18. The maximum atomic E-state index is 13.0. The molecular weight excluding hydrogens is 558 g/mol. The number of nitriles is 1. The molecule has 1 atom stereocenters. The summed E-state index contributed by atoms with van der Waals surface area (Å²) in [4.78, 5) is 42.6. The SMILES string of the molecule is N#CC(=Cc1cccc(Br)n1)C(=O)NC(COC(=O)c1ccc(C(=O)c2ccccc2)cc1)c1ccccc1. The number of ketones is 1. The number of carbonyl (C=O) groups excluding carboxylic acids is 3. The van der Waals surface area contributed by atoms with Crippen molar-refractivity contribution in [1.82, 2.24) is 10.3 Å². The van der Waals surface area contributed by atoms with Crippen LogP contribution in [-0.2, 0) is 9.53 Å². The summed E-state index contributed by atoms with van der Waals surface area (Å²) in [6.45, 7) is -0.173. The molecule has 0 saturated carbocycles. The number of rotatable bonds is 9. The molecule has 1 N–H and O–H groups in total. The number of nitrogens with zero attached hydrogens (tertiary/aromatic N) is 2. The minimum Gasteiger partial charge on any atom is -0.460 e. The van der Waals surface area contributed by atoms with Crippen LogP contribution in [0.2, 0.25) is 0 Å². The molecule has 0 fully saturated rings. The zero-order valence-corrected chi connectivity index (χ0v) is 22.2. The molecule has 4 rings (SSSR count). The summed E-state index contributed by atoms with van der Waals surface area (Å²) in [7, 11) is 0. The molecule has 0 aliphatic carbocycles. The summed E-state index contributed by atoms with van der Waals surface area (Å²) in [5.74, 6) is -1.40.